The number of rotatable bonds is 4. The predicted molar refractivity (Wildman–Crippen MR) is 77.1 cm³/mol. The lowest BCUT2D eigenvalue weighted by molar-refractivity contribution is -0.385. The molecule has 0 unspecified atom stereocenters. The van der Waals surface area contributed by atoms with E-state index in [1.165, 1.54) is 24.4 Å². The van der Waals surface area contributed by atoms with Gasteiger partial charge in [0.05, 0.1) is 11.1 Å². The quantitative estimate of drug-likeness (QED) is 0.528. The van der Waals surface area contributed by atoms with Crippen LogP contribution in [0.4, 0.5) is 5.69 Å². The van der Waals surface area contributed by atoms with Gasteiger partial charge in [0.25, 0.3) is 11.6 Å². The number of aromatic nitrogens is 1. The van der Waals surface area contributed by atoms with Gasteiger partial charge < -0.3 is 0 Å². The number of nitro groups is 1. The summed E-state index contributed by atoms with van der Waals surface area (Å²) in [5.41, 5.74) is 3.68. The average molecular weight is 284 g/mol. The van der Waals surface area contributed by atoms with E-state index < -0.39 is 10.8 Å². The van der Waals surface area contributed by atoms with Crippen LogP contribution in [0.3, 0.4) is 0 Å². The molecule has 2 rings (SSSR count). The minimum atomic E-state index is -0.521. The van der Waals surface area contributed by atoms with E-state index in [-0.39, 0.29) is 11.3 Å². The highest BCUT2D eigenvalue weighted by molar-refractivity contribution is 5.95. The van der Waals surface area contributed by atoms with E-state index in [1.54, 1.807) is 31.5 Å². The maximum Gasteiger partial charge on any atom is 0.273 e. The first kappa shape index (κ1) is 14.3. The lowest BCUT2D eigenvalue weighted by Gasteiger charge is -2.02. The Morgan fingerprint density at radius 3 is 2.71 bits per heavy atom. The number of hydrazone groups is 1. The van der Waals surface area contributed by atoms with Gasteiger partial charge in [-0.3, -0.25) is 19.9 Å². The van der Waals surface area contributed by atoms with Crippen molar-refractivity contribution in [1.82, 2.24) is 10.4 Å². The van der Waals surface area contributed by atoms with E-state index in [2.05, 4.69) is 15.5 Å². The second-order valence-corrected chi connectivity index (χ2v) is 4.24. The molecule has 7 nitrogen and oxygen atoms in total. The Morgan fingerprint density at radius 1 is 1.33 bits per heavy atom. The number of nitrogens with zero attached hydrogens (tertiary/aromatic N) is 3. The third-order valence-corrected chi connectivity index (χ3v) is 2.75. The Hall–Kier alpha value is -3.09. The fourth-order valence-corrected chi connectivity index (χ4v) is 1.63. The van der Waals surface area contributed by atoms with Crippen LogP contribution < -0.4 is 5.43 Å². The molecule has 1 aromatic heterocycles. The second-order valence-electron chi connectivity index (χ2n) is 4.24. The number of hydrogen-bond donors (Lipinski definition) is 1. The van der Waals surface area contributed by atoms with Crippen LogP contribution in [0.5, 0.6) is 0 Å². The maximum atomic E-state index is 11.9. The highest BCUT2D eigenvalue weighted by atomic mass is 16.6. The van der Waals surface area contributed by atoms with E-state index in [9.17, 15) is 14.9 Å². The Bertz CT molecular complexity index is 699. The molecule has 1 aromatic carbocycles. The molecule has 0 aliphatic heterocycles. The van der Waals surface area contributed by atoms with Crippen molar-refractivity contribution in [2.45, 2.75) is 6.92 Å². The van der Waals surface area contributed by atoms with Gasteiger partial charge in [0.15, 0.2) is 0 Å². The van der Waals surface area contributed by atoms with Gasteiger partial charge >= 0.3 is 0 Å². The molecular weight excluding hydrogens is 272 g/mol. The van der Waals surface area contributed by atoms with Gasteiger partial charge in [0, 0.05) is 29.6 Å². The minimum absolute atomic E-state index is 0.0965. The normalized spacial score (nSPS) is 10.5. The zero-order valence-electron chi connectivity index (χ0n) is 11.2. The van der Waals surface area contributed by atoms with Gasteiger partial charge in [0.1, 0.15) is 0 Å². The molecule has 2 aromatic rings. The van der Waals surface area contributed by atoms with E-state index >= 15 is 0 Å². The minimum Gasteiger partial charge on any atom is -0.267 e. The Morgan fingerprint density at radius 2 is 2.05 bits per heavy atom. The van der Waals surface area contributed by atoms with Crippen LogP contribution in [0.2, 0.25) is 0 Å². The Balaban J connectivity index is 2.09. The molecule has 0 aliphatic rings. The van der Waals surface area contributed by atoms with Crippen LogP contribution in [0.15, 0.2) is 47.8 Å². The molecule has 0 radical (unpaired) electrons. The number of amides is 1. The molecule has 0 saturated heterocycles. The van der Waals surface area contributed by atoms with E-state index in [4.69, 9.17) is 0 Å². The van der Waals surface area contributed by atoms with Crippen LogP contribution in [-0.2, 0) is 0 Å². The number of nitro benzene ring substituents is 1. The second kappa shape index (κ2) is 6.38. The summed E-state index contributed by atoms with van der Waals surface area (Å²) in [6.45, 7) is 1.61. The fraction of sp³-hybridized carbons (Fsp3) is 0.0714. The van der Waals surface area contributed by atoms with Crippen LogP contribution in [0.25, 0.3) is 0 Å². The number of nitrogens with one attached hydrogen (secondary N) is 1. The van der Waals surface area contributed by atoms with E-state index in [0.29, 0.717) is 5.56 Å². The van der Waals surface area contributed by atoms with Crippen LogP contribution in [0, 0.1) is 17.0 Å². The van der Waals surface area contributed by atoms with Crippen LogP contribution in [0.1, 0.15) is 21.5 Å². The molecule has 1 heterocycles. The van der Waals surface area contributed by atoms with Gasteiger partial charge in [0.2, 0.25) is 0 Å². The van der Waals surface area contributed by atoms with Crippen LogP contribution >= 0.6 is 0 Å². The summed E-state index contributed by atoms with van der Waals surface area (Å²) in [6.07, 6.45) is 4.67. The number of pyridine rings is 1. The largest absolute Gasteiger partial charge is 0.273 e. The third kappa shape index (κ3) is 3.69. The lowest BCUT2D eigenvalue weighted by Crippen LogP contribution is -2.17. The Kier molecular flexibility index (Phi) is 4.35. The monoisotopic (exact) mass is 284 g/mol. The Labute approximate surface area is 120 Å². The molecule has 1 N–H and O–H groups in total. The van der Waals surface area contributed by atoms with Gasteiger partial charge in [-0.25, -0.2) is 5.43 Å². The fourth-order valence-electron chi connectivity index (χ4n) is 1.63. The van der Waals surface area contributed by atoms with Gasteiger partial charge in [-0.2, -0.15) is 5.10 Å². The molecule has 0 bridgehead atoms. The standard InChI is InChI=1S/C14H12N4O3/c1-10-2-3-12(8-13(10)18(20)21)14(19)17-16-9-11-4-6-15-7-5-11/h2-9H,1H3,(H,17,19)/b16-9-. The van der Waals surface area contributed by atoms with Crippen molar-refractivity contribution in [2.24, 2.45) is 5.10 Å². The van der Waals surface area contributed by atoms with Crippen LogP contribution in [-0.4, -0.2) is 22.0 Å². The lowest BCUT2D eigenvalue weighted by atomic mass is 10.1. The first-order valence-electron chi connectivity index (χ1n) is 6.06. The number of carbonyl (C=O) groups excluding carboxylic acids is 1. The molecule has 106 valence electrons. The van der Waals surface area contributed by atoms with Crippen molar-refractivity contribution >= 4 is 17.8 Å². The van der Waals surface area contributed by atoms with E-state index in [0.717, 1.165) is 5.56 Å². The summed E-state index contributed by atoms with van der Waals surface area (Å²) < 4.78 is 0. The topological polar surface area (TPSA) is 97.5 Å². The summed E-state index contributed by atoms with van der Waals surface area (Å²) in [5.74, 6) is -0.511. The van der Waals surface area contributed by atoms with Crippen molar-refractivity contribution < 1.29 is 9.72 Å². The summed E-state index contributed by atoms with van der Waals surface area (Å²) in [4.78, 5) is 26.0. The van der Waals surface area contributed by atoms with Crippen molar-refractivity contribution in [1.29, 1.82) is 0 Å². The zero-order valence-corrected chi connectivity index (χ0v) is 11.2. The first-order valence-corrected chi connectivity index (χ1v) is 6.06. The van der Waals surface area contributed by atoms with Crippen molar-refractivity contribution in [3.8, 4) is 0 Å². The molecule has 7 heteroatoms. The predicted octanol–water partition coefficient (Wildman–Crippen LogP) is 2.06. The molecule has 0 spiro atoms. The maximum absolute atomic E-state index is 11.9. The molecule has 0 aliphatic carbocycles. The first-order chi connectivity index (χ1) is 10.1. The smallest absolute Gasteiger partial charge is 0.267 e. The summed E-state index contributed by atoms with van der Waals surface area (Å²) >= 11 is 0. The number of aryl methyl sites for hydroxylation is 1. The van der Waals surface area contributed by atoms with Gasteiger partial charge in [-0.05, 0) is 30.7 Å². The highest BCUT2D eigenvalue weighted by Crippen LogP contribution is 2.19. The van der Waals surface area contributed by atoms with E-state index in [1.807, 2.05) is 0 Å². The summed E-state index contributed by atoms with van der Waals surface area (Å²) in [5, 5.41) is 14.6. The van der Waals surface area contributed by atoms with Crippen molar-refractivity contribution in [2.75, 3.05) is 0 Å². The van der Waals surface area contributed by atoms with Gasteiger partial charge in [-0.1, -0.05) is 6.07 Å². The van der Waals surface area contributed by atoms with Crippen molar-refractivity contribution in [3.63, 3.8) is 0 Å². The number of hydrogen-bond acceptors (Lipinski definition) is 5. The molecule has 0 saturated carbocycles. The molecule has 0 atom stereocenters. The highest BCUT2D eigenvalue weighted by Gasteiger charge is 2.14. The molecule has 21 heavy (non-hydrogen) atoms. The van der Waals surface area contributed by atoms with Gasteiger partial charge in [-0.15, -0.1) is 0 Å². The number of benzene rings is 1. The molecule has 0 fully saturated rings. The molecule has 1 amide bonds. The third-order valence-electron chi connectivity index (χ3n) is 2.75. The molecular formula is C14H12N4O3. The summed E-state index contributed by atoms with van der Waals surface area (Å²) in [6, 6.07) is 7.73. The average Bonchev–Trinajstić information content (AvgIpc) is 2.48. The SMILES string of the molecule is Cc1ccc(C(=O)N/N=C\c2ccncc2)cc1[N+](=O)[O-]. The summed E-state index contributed by atoms with van der Waals surface area (Å²) in [7, 11) is 0. The number of carbonyl (C=O) groups is 1. The zero-order chi connectivity index (χ0) is 15.2. The van der Waals surface area contributed by atoms with Crippen molar-refractivity contribution in [3.05, 3.63) is 69.5 Å².